The zero-order chi connectivity index (χ0) is 18.2. The lowest BCUT2D eigenvalue weighted by Crippen LogP contribution is -2.35. The first-order valence-electron chi connectivity index (χ1n) is 7.90. The number of carbonyl (C=O) groups excluding carboxylic acids is 2. The van der Waals surface area contributed by atoms with Gasteiger partial charge in [0.1, 0.15) is 0 Å². The first-order valence-corrected chi connectivity index (χ1v) is 7.90. The largest absolute Gasteiger partial charge is 0.378 e. The molecule has 0 unspecified atom stereocenters. The number of amides is 2. The fourth-order valence-electron chi connectivity index (χ4n) is 2.16. The molecular weight excluding hydrogens is 316 g/mol. The molecule has 2 rings (SSSR count). The van der Waals surface area contributed by atoms with E-state index < -0.39 is 0 Å². The smallest absolute Gasteiger partial charge is 0.259 e. The number of hydrazone groups is 1. The summed E-state index contributed by atoms with van der Waals surface area (Å²) in [6, 6.07) is 15.0. The van der Waals surface area contributed by atoms with Gasteiger partial charge in [-0.1, -0.05) is 30.3 Å². The lowest BCUT2D eigenvalue weighted by atomic mass is 10.1. The Morgan fingerprint density at radius 3 is 2.40 bits per heavy atom. The fraction of sp³-hybridized carbons (Fsp3) is 0.211. The lowest BCUT2D eigenvalue weighted by Gasteiger charge is -2.11. The number of rotatable bonds is 6. The maximum absolute atomic E-state index is 12.0. The number of aryl methyl sites for hydroxylation is 1. The zero-order valence-electron chi connectivity index (χ0n) is 14.6. The second kappa shape index (κ2) is 8.63. The van der Waals surface area contributed by atoms with Gasteiger partial charge in [-0.05, 0) is 36.2 Å². The molecule has 2 aromatic carbocycles. The molecule has 0 heterocycles. The van der Waals surface area contributed by atoms with Gasteiger partial charge in [0.15, 0.2) is 0 Å². The van der Waals surface area contributed by atoms with Crippen molar-refractivity contribution in [2.24, 2.45) is 5.10 Å². The molecule has 6 heteroatoms. The summed E-state index contributed by atoms with van der Waals surface area (Å²) in [6.07, 6.45) is 1.56. The van der Waals surface area contributed by atoms with Gasteiger partial charge in [0, 0.05) is 25.3 Å². The van der Waals surface area contributed by atoms with Crippen LogP contribution in [0.3, 0.4) is 0 Å². The van der Waals surface area contributed by atoms with Crippen LogP contribution in [0.1, 0.15) is 21.5 Å². The highest BCUT2D eigenvalue weighted by molar-refractivity contribution is 5.97. The van der Waals surface area contributed by atoms with Gasteiger partial charge in [-0.3, -0.25) is 9.59 Å². The van der Waals surface area contributed by atoms with Gasteiger partial charge >= 0.3 is 0 Å². The Labute approximate surface area is 147 Å². The van der Waals surface area contributed by atoms with Gasteiger partial charge in [0.05, 0.1) is 12.8 Å². The molecule has 0 atom stereocenters. The number of nitrogens with one attached hydrogen (secondary N) is 2. The van der Waals surface area contributed by atoms with Gasteiger partial charge in [0.25, 0.3) is 11.8 Å². The van der Waals surface area contributed by atoms with E-state index >= 15 is 0 Å². The van der Waals surface area contributed by atoms with Crippen molar-refractivity contribution in [3.63, 3.8) is 0 Å². The van der Waals surface area contributed by atoms with Crippen LogP contribution in [0.2, 0.25) is 0 Å². The van der Waals surface area contributed by atoms with Crippen LogP contribution in [-0.4, -0.2) is 38.7 Å². The molecule has 25 heavy (non-hydrogen) atoms. The lowest BCUT2D eigenvalue weighted by molar-refractivity contribution is -0.120. The van der Waals surface area contributed by atoms with Crippen LogP contribution in [0.15, 0.2) is 53.6 Å². The topological polar surface area (TPSA) is 73.8 Å². The predicted molar refractivity (Wildman–Crippen MR) is 100 cm³/mol. The molecule has 0 aliphatic heterocycles. The Hall–Kier alpha value is -3.15. The second-order valence-corrected chi connectivity index (χ2v) is 5.78. The highest BCUT2D eigenvalue weighted by Gasteiger charge is 2.09. The van der Waals surface area contributed by atoms with E-state index in [1.807, 2.05) is 62.3 Å². The molecule has 0 spiro atoms. The van der Waals surface area contributed by atoms with Crippen LogP contribution in [0.5, 0.6) is 0 Å². The molecule has 0 saturated carbocycles. The van der Waals surface area contributed by atoms with E-state index in [1.165, 1.54) is 0 Å². The van der Waals surface area contributed by atoms with Crippen LogP contribution in [0, 0.1) is 6.92 Å². The molecule has 2 N–H and O–H groups in total. The molecule has 0 radical (unpaired) electrons. The molecule has 0 bridgehead atoms. The Bertz CT molecular complexity index is 767. The minimum absolute atomic E-state index is 0.135. The van der Waals surface area contributed by atoms with Gasteiger partial charge in [-0.15, -0.1) is 0 Å². The molecule has 0 fully saturated rings. The quantitative estimate of drug-likeness (QED) is 0.624. The third-order valence-corrected chi connectivity index (χ3v) is 3.61. The molecule has 0 aromatic heterocycles. The van der Waals surface area contributed by atoms with Crippen LogP contribution in [0.4, 0.5) is 5.69 Å². The zero-order valence-corrected chi connectivity index (χ0v) is 14.6. The number of benzene rings is 2. The van der Waals surface area contributed by atoms with Crippen molar-refractivity contribution in [3.8, 4) is 0 Å². The Balaban J connectivity index is 1.80. The van der Waals surface area contributed by atoms with Crippen molar-refractivity contribution >= 4 is 23.7 Å². The standard InChI is InChI=1S/C19H22N4O2/c1-14-6-4-5-7-17(14)19(25)20-13-18(24)22-21-12-15-8-10-16(11-9-15)23(2)3/h4-12H,13H2,1-3H3,(H,20,25)(H,22,24). The minimum atomic E-state index is -0.386. The van der Waals surface area contributed by atoms with E-state index in [1.54, 1.807) is 18.3 Å². The number of hydrogen-bond donors (Lipinski definition) is 2. The van der Waals surface area contributed by atoms with Crippen molar-refractivity contribution in [3.05, 3.63) is 65.2 Å². The molecule has 0 aliphatic rings. The van der Waals surface area contributed by atoms with Crippen LogP contribution in [0.25, 0.3) is 0 Å². The average molecular weight is 338 g/mol. The molecule has 6 nitrogen and oxygen atoms in total. The van der Waals surface area contributed by atoms with Gasteiger partial charge in [-0.2, -0.15) is 5.10 Å². The summed E-state index contributed by atoms with van der Waals surface area (Å²) in [5, 5.41) is 6.47. The summed E-state index contributed by atoms with van der Waals surface area (Å²) in [5.74, 6) is -0.667. The summed E-state index contributed by atoms with van der Waals surface area (Å²) < 4.78 is 0. The summed E-state index contributed by atoms with van der Waals surface area (Å²) in [5.41, 5.74) is 5.77. The Kier molecular flexibility index (Phi) is 6.28. The van der Waals surface area contributed by atoms with Crippen LogP contribution in [-0.2, 0) is 4.79 Å². The van der Waals surface area contributed by atoms with Gasteiger partial charge < -0.3 is 10.2 Å². The van der Waals surface area contributed by atoms with Gasteiger partial charge in [-0.25, -0.2) is 5.43 Å². The normalized spacial score (nSPS) is 10.5. The van der Waals surface area contributed by atoms with E-state index in [9.17, 15) is 9.59 Å². The van der Waals surface area contributed by atoms with E-state index in [2.05, 4.69) is 15.8 Å². The minimum Gasteiger partial charge on any atom is -0.378 e. The molecule has 2 amide bonds. The molecule has 130 valence electrons. The van der Waals surface area contributed by atoms with Crippen molar-refractivity contribution in [2.75, 3.05) is 25.5 Å². The van der Waals surface area contributed by atoms with Crippen molar-refractivity contribution < 1.29 is 9.59 Å². The Morgan fingerprint density at radius 2 is 1.76 bits per heavy atom. The number of carbonyl (C=O) groups is 2. The summed E-state index contributed by atoms with van der Waals surface area (Å²) >= 11 is 0. The Morgan fingerprint density at radius 1 is 1.08 bits per heavy atom. The molecule has 0 saturated heterocycles. The molecule has 2 aromatic rings. The van der Waals surface area contributed by atoms with E-state index in [0.29, 0.717) is 5.56 Å². The van der Waals surface area contributed by atoms with Crippen LogP contribution < -0.4 is 15.6 Å². The maximum Gasteiger partial charge on any atom is 0.259 e. The predicted octanol–water partition coefficient (Wildman–Crippen LogP) is 1.94. The average Bonchev–Trinajstić information content (AvgIpc) is 2.60. The van der Waals surface area contributed by atoms with Crippen molar-refractivity contribution in [1.29, 1.82) is 0 Å². The van der Waals surface area contributed by atoms with E-state index in [4.69, 9.17) is 0 Å². The fourth-order valence-corrected chi connectivity index (χ4v) is 2.16. The molecular formula is C19H22N4O2. The highest BCUT2D eigenvalue weighted by atomic mass is 16.2. The first-order chi connectivity index (χ1) is 12.0. The second-order valence-electron chi connectivity index (χ2n) is 5.78. The third-order valence-electron chi connectivity index (χ3n) is 3.61. The third kappa shape index (κ3) is 5.46. The number of anilines is 1. The highest BCUT2D eigenvalue weighted by Crippen LogP contribution is 2.10. The van der Waals surface area contributed by atoms with E-state index in [-0.39, 0.29) is 18.4 Å². The molecule has 0 aliphatic carbocycles. The van der Waals surface area contributed by atoms with Gasteiger partial charge in [0.2, 0.25) is 0 Å². The van der Waals surface area contributed by atoms with E-state index in [0.717, 1.165) is 16.8 Å². The SMILES string of the molecule is Cc1ccccc1C(=O)NCC(=O)NN=Cc1ccc(N(C)C)cc1. The first kappa shape index (κ1) is 18.2. The number of hydrogen-bond acceptors (Lipinski definition) is 4. The summed E-state index contributed by atoms with van der Waals surface area (Å²) in [6.45, 7) is 1.71. The number of nitrogens with zero attached hydrogens (tertiary/aromatic N) is 2. The van der Waals surface area contributed by atoms with Crippen molar-refractivity contribution in [1.82, 2.24) is 10.7 Å². The monoisotopic (exact) mass is 338 g/mol. The summed E-state index contributed by atoms with van der Waals surface area (Å²) in [7, 11) is 3.93. The maximum atomic E-state index is 12.0. The van der Waals surface area contributed by atoms with Crippen molar-refractivity contribution in [2.45, 2.75) is 6.92 Å². The summed E-state index contributed by atoms with van der Waals surface area (Å²) in [4.78, 5) is 25.8. The van der Waals surface area contributed by atoms with Crippen LogP contribution >= 0.6 is 0 Å².